The van der Waals surface area contributed by atoms with Crippen molar-refractivity contribution in [3.05, 3.63) is 53.1 Å². The molecule has 2 heterocycles. The van der Waals surface area contributed by atoms with Gasteiger partial charge in [0.05, 0.1) is 18.0 Å². The monoisotopic (exact) mass is 342 g/mol. The molecule has 2 aromatic rings. The van der Waals surface area contributed by atoms with Crippen molar-refractivity contribution in [2.24, 2.45) is 12.2 Å². The van der Waals surface area contributed by atoms with E-state index >= 15 is 0 Å². The second-order valence-corrected chi connectivity index (χ2v) is 6.47. The molecule has 25 heavy (non-hydrogen) atoms. The van der Waals surface area contributed by atoms with Gasteiger partial charge in [0.1, 0.15) is 5.82 Å². The number of halogens is 1. The summed E-state index contributed by atoms with van der Waals surface area (Å²) in [5.41, 5.74) is 3.47. The van der Waals surface area contributed by atoms with Crippen LogP contribution in [0.1, 0.15) is 42.1 Å². The summed E-state index contributed by atoms with van der Waals surface area (Å²) in [5.74, 6) is -0.531. The van der Waals surface area contributed by atoms with Gasteiger partial charge >= 0.3 is 0 Å². The molecule has 130 valence electrons. The first-order chi connectivity index (χ1) is 12.1. The molecule has 1 aliphatic carbocycles. The van der Waals surface area contributed by atoms with Crippen LogP contribution >= 0.6 is 0 Å². The molecule has 2 aliphatic rings. The SMILES string of the molecule is Cn1ncc2c1CCC[C@H]2NC(=O)[C@@H]1CC(c2cccc(F)c2)=NO1. The van der Waals surface area contributed by atoms with Crippen molar-refractivity contribution in [3.63, 3.8) is 0 Å². The average Bonchev–Trinajstić information content (AvgIpc) is 3.23. The van der Waals surface area contributed by atoms with Gasteiger partial charge in [-0.3, -0.25) is 9.48 Å². The lowest BCUT2D eigenvalue weighted by Crippen LogP contribution is -2.38. The second kappa shape index (κ2) is 6.31. The van der Waals surface area contributed by atoms with Gasteiger partial charge in [-0.2, -0.15) is 5.10 Å². The number of aromatic nitrogens is 2. The fraction of sp³-hybridized carbons (Fsp3) is 0.389. The Bertz CT molecular complexity index is 845. The predicted molar refractivity (Wildman–Crippen MR) is 89.5 cm³/mol. The van der Waals surface area contributed by atoms with Crippen molar-refractivity contribution in [2.75, 3.05) is 0 Å². The zero-order chi connectivity index (χ0) is 17.4. The van der Waals surface area contributed by atoms with Crippen molar-refractivity contribution in [1.29, 1.82) is 0 Å². The van der Waals surface area contributed by atoms with Crippen molar-refractivity contribution in [3.8, 4) is 0 Å². The highest BCUT2D eigenvalue weighted by atomic mass is 19.1. The molecule has 1 aliphatic heterocycles. The van der Waals surface area contributed by atoms with Gasteiger partial charge in [-0.05, 0) is 31.4 Å². The van der Waals surface area contributed by atoms with E-state index in [9.17, 15) is 9.18 Å². The summed E-state index contributed by atoms with van der Waals surface area (Å²) >= 11 is 0. The summed E-state index contributed by atoms with van der Waals surface area (Å²) in [4.78, 5) is 17.9. The molecule has 1 N–H and O–H groups in total. The molecule has 0 radical (unpaired) electrons. The largest absolute Gasteiger partial charge is 0.382 e. The van der Waals surface area contributed by atoms with Crippen LogP contribution in [-0.4, -0.2) is 27.5 Å². The third-order valence-corrected chi connectivity index (χ3v) is 4.81. The number of hydrogen-bond donors (Lipinski definition) is 1. The predicted octanol–water partition coefficient (Wildman–Crippen LogP) is 2.25. The maximum atomic E-state index is 13.3. The molecule has 0 fully saturated rings. The number of fused-ring (bicyclic) bond motifs is 1. The van der Waals surface area contributed by atoms with E-state index in [1.54, 1.807) is 12.1 Å². The van der Waals surface area contributed by atoms with Crippen molar-refractivity contribution >= 4 is 11.6 Å². The van der Waals surface area contributed by atoms with E-state index in [2.05, 4.69) is 15.6 Å². The van der Waals surface area contributed by atoms with Crippen molar-refractivity contribution in [1.82, 2.24) is 15.1 Å². The van der Waals surface area contributed by atoms with Gasteiger partial charge in [-0.25, -0.2) is 4.39 Å². The van der Waals surface area contributed by atoms with Crippen LogP contribution in [0, 0.1) is 5.82 Å². The Labute approximate surface area is 144 Å². The van der Waals surface area contributed by atoms with E-state index in [0.717, 1.165) is 24.8 Å². The van der Waals surface area contributed by atoms with Crippen molar-refractivity contribution < 1.29 is 14.0 Å². The van der Waals surface area contributed by atoms with Gasteiger partial charge in [0.25, 0.3) is 5.91 Å². The van der Waals surface area contributed by atoms with E-state index < -0.39 is 6.10 Å². The fourth-order valence-corrected chi connectivity index (χ4v) is 3.48. The maximum Gasteiger partial charge on any atom is 0.264 e. The number of carbonyl (C=O) groups is 1. The Kier molecular flexibility index (Phi) is 3.99. The van der Waals surface area contributed by atoms with Crippen LogP contribution in [0.5, 0.6) is 0 Å². The van der Waals surface area contributed by atoms with Crippen LogP contribution in [-0.2, 0) is 23.1 Å². The first kappa shape index (κ1) is 15.8. The summed E-state index contributed by atoms with van der Waals surface area (Å²) < 4.78 is 15.2. The molecular formula is C18H19FN4O2. The molecule has 2 atom stereocenters. The zero-order valence-corrected chi connectivity index (χ0v) is 13.9. The number of nitrogens with one attached hydrogen (secondary N) is 1. The lowest BCUT2D eigenvalue weighted by molar-refractivity contribution is -0.132. The minimum Gasteiger partial charge on any atom is -0.382 e. The number of nitrogens with zero attached hydrogens (tertiary/aromatic N) is 3. The molecule has 0 bridgehead atoms. The van der Waals surface area contributed by atoms with E-state index in [-0.39, 0.29) is 17.8 Å². The Morgan fingerprint density at radius 2 is 2.32 bits per heavy atom. The highest BCUT2D eigenvalue weighted by molar-refractivity contribution is 6.04. The first-order valence-electron chi connectivity index (χ1n) is 8.41. The minimum absolute atomic E-state index is 0.0493. The van der Waals surface area contributed by atoms with E-state index in [1.165, 1.54) is 17.8 Å². The summed E-state index contributed by atoms with van der Waals surface area (Å²) in [6.45, 7) is 0. The number of aryl methyl sites for hydroxylation is 1. The van der Waals surface area contributed by atoms with Crippen LogP contribution in [0.15, 0.2) is 35.6 Å². The van der Waals surface area contributed by atoms with Crippen molar-refractivity contribution in [2.45, 2.75) is 37.8 Å². The van der Waals surface area contributed by atoms with Crippen LogP contribution in [0.3, 0.4) is 0 Å². The molecule has 0 saturated carbocycles. The summed E-state index contributed by atoms with van der Waals surface area (Å²) in [5, 5.41) is 11.3. The molecule has 1 aromatic heterocycles. The normalized spacial score (nSPS) is 22.1. The Morgan fingerprint density at radius 3 is 3.16 bits per heavy atom. The van der Waals surface area contributed by atoms with E-state index in [4.69, 9.17) is 4.84 Å². The molecule has 1 amide bonds. The average molecular weight is 342 g/mol. The molecule has 1 aromatic carbocycles. The third kappa shape index (κ3) is 3.01. The number of rotatable bonds is 3. The van der Waals surface area contributed by atoms with Gasteiger partial charge in [-0.15, -0.1) is 0 Å². The molecular weight excluding hydrogens is 323 g/mol. The maximum absolute atomic E-state index is 13.3. The fourth-order valence-electron chi connectivity index (χ4n) is 3.48. The summed E-state index contributed by atoms with van der Waals surface area (Å²) in [7, 11) is 1.92. The lowest BCUT2D eigenvalue weighted by Gasteiger charge is -2.24. The molecule has 0 spiro atoms. The van der Waals surface area contributed by atoms with Gasteiger partial charge in [0.15, 0.2) is 0 Å². The number of hydrogen-bond acceptors (Lipinski definition) is 4. The Hall–Kier alpha value is -2.70. The second-order valence-electron chi connectivity index (χ2n) is 6.47. The van der Waals surface area contributed by atoms with E-state index in [1.807, 2.05) is 17.9 Å². The molecule has 0 unspecified atom stereocenters. The third-order valence-electron chi connectivity index (χ3n) is 4.81. The number of carbonyl (C=O) groups excluding carboxylic acids is 1. The van der Waals surface area contributed by atoms with Crippen LogP contribution in [0.25, 0.3) is 0 Å². The van der Waals surface area contributed by atoms with Crippen LogP contribution in [0.2, 0.25) is 0 Å². The summed E-state index contributed by atoms with van der Waals surface area (Å²) in [6, 6.07) is 6.09. The first-order valence-corrected chi connectivity index (χ1v) is 8.41. The number of benzene rings is 1. The Balaban J connectivity index is 1.42. The van der Waals surface area contributed by atoms with Gasteiger partial charge < -0.3 is 10.2 Å². The minimum atomic E-state index is -0.680. The highest BCUT2D eigenvalue weighted by Crippen LogP contribution is 2.29. The Morgan fingerprint density at radius 1 is 1.44 bits per heavy atom. The molecule has 4 rings (SSSR count). The van der Waals surface area contributed by atoms with Gasteiger partial charge in [-0.1, -0.05) is 17.3 Å². The standard InChI is InChI=1S/C18H19FN4O2/c1-23-16-7-3-6-14(13(16)10-20-23)21-18(24)17-9-15(22-25-17)11-4-2-5-12(19)8-11/h2,4-5,8,10,14,17H,3,6-7,9H2,1H3,(H,21,24)/t14-,17+/m1/s1. The zero-order valence-electron chi connectivity index (χ0n) is 13.9. The number of oxime groups is 1. The molecule has 0 saturated heterocycles. The number of amides is 1. The smallest absolute Gasteiger partial charge is 0.264 e. The van der Waals surface area contributed by atoms with Crippen LogP contribution in [0.4, 0.5) is 4.39 Å². The summed E-state index contributed by atoms with van der Waals surface area (Å²) in [6.07, 6.45) is 4.35. The lowest BCUT2D eigenvalue weighted by atomic mass is 9.92. The van der Waals surface area contributed by atoms with Gasteiger partial charge in [0.2, 0.25) is 6.10 Å². The molecule has 6 nitrogen and oxygen atoms in total. The van der Waals surface area contributed by atoms with E-state index in [0.29, 0.717) is 17.7 Å². The topological polar surface area (TPSA) is 68.5 Å². The highest BCUT2D eigenvalue weighted by Gasteiger charge is 2.32. The van der Waals surface area contributed by atoms with Gasteiger partial charge in [0, 0.05) is 30.3 Å². The molecule has 7 heteroatoms. The quantitative estimate of drug-likeness (QED) is 0.930. The van der Waals surface area contributed by atoms with Crippen LogP contribution < -0.4 is 5.32 Å².